The van der Waals surface area contributed by atoms with Gasteiger partial charge in [-0.2, -0.15) is 8.78 Å². The molecule has 2 N–H and O–H groups in total. The molecule has 0 aromatic carbocycles. The molecule has 14 heteroatoms. The molecule has 0 aliphatic carbocycles. The van der Waals surface area contributed by atoms with E-state index in [2.05, 4.69) is 30.1 Å². The van der Waals surface area contributed by atoms with Gasteiger partial charge in [-0.05, 0) is 0 Å². The third-order valence-corrected chi connectivity index (χ3v) is 5.17. The highest BCUT2D eigenvalue weighted by molar-refractivity contribution is 8.76. The van der Waals surface area contributed by atoms with Crippen LogP contribution in [0.5, 0.6) is 12.0 Å². The van der Waals surface area contributed by atoms with Crippen molar-refractivity contribution in [2.75, 3.05) is 14.2 Å². The van der Waals surface area contributed by atoms with Crippen molar-refractivity contribution in [3.05, 3.63) is 24.0 Å². The number of hydrogen-bond acceptors (Lipinski definition) is 8. The highest BCUT2D eigenvalue weighted by atomic mass is 33.1. The van der Waals surface area contributed by atoms with E-state index in [1.54, 1.807) is 0 Å². The zero-order valence-corrected chi connectivity index (χ0v) is 14.9. The Bertz CT molecular complexity index is 1030. The summed E-state index contributed by atoms with van der Waals surface area (Å²) in [7, 11) is 5.13. The van der Waals surface area contributed by atoms with Gasteiger partial charge in [0.15, 0.2) is 0 Å². The lowest BCUT2D eigenvalue weighted by atomic mass is 10.6. The lowest BCUT2D eigenvalue weighted by molar-refractivity contribution is -0.592. The van der Waals surface area contributed by atoms with Gasteiger partial charge in [0.1, 0.15) is 12.4 Å². The monoisotopic (exact) mass is 400 g/mol. The first-order valence-electron chi connectivity index (χ1n) is 6.95. The van der Waals surface area contributed by atoms with Crippen LogP contribution in [0.25, 0.3) is 11.3 Å². The van der Waals surface area contributed by atoms with E-state index in [1.807, 2.05) is 0 Å². The summed E-state index contributed by atoms with van der Waals surface area (Å²) in [6.45, 7) is 0. The van der Waals surface area contributed by atoms with E-state index in [1.165, 1.54) is 23.3 Å². The molecule has 134 valence electrons. The van der Waals surface area contributed by atoms with Gasteiger partial charge in [0.25, 0.3) is 10.3 Å². The number of H-pyrrole nitrogens is 2. The molecule has 4 heterocycles. The first kappa shape index (κ1) is 16.7. The van der Waals surface area contributed by atoms with Crippen LogP contribution in [0.1, 0.15) is 0 Å². The average Bonchev–Trinajstić information content (AvgIpc) is 3.26. The number of fused-ring (bicyclic) bond motifs is 2. The van der Waals surface area contributed by atoms with Crippen LogP contribution in [0.15, 0.2) is 22.7 Å². The van der Waals surface area contributed by atoms with Crippen molar-refractivity contribution in [2.45, 2.75) is 10.3 Å². The summed E-state index contributed by atoms with van der Waals surface area (Å²) in [6.07, 6.45) is 2.04. The average molecular weight is 400 g/mol. The fourth-order valence-corrected chi connectivity index (χ4v) is 3.72. The minimum absolute atomic E-state index is 0.0378. The predicted octanol–water partition coefficient (Wildman–Crippen LogP) is 0.495. The van der Waals surface area contributed by atoms with E-state index in [0.717, 1.165) is 34.0 Å². The molecule has 0 amide bonds. The Labute approximate surface area is 151 Å². The molecule has 0 atom stereocenters. The molecule has 0 bridgehead atoms. The molecule has 4 aromatic rings. The number of hydrogen-bond donors (Lipinski definition) is 2. The van der Waals surface area contributed by atoms with Crippen molar-refractivity contribution in [2.24, 2.45) is 0 Å². The first-order valence-corrected chi connectivity index (χ1v) is 9.10. The van der Waals surface area contributed by atoms with Gasteiger partial charge in [-0.25, -0.2) is 10.2 Å². The maximum absolute atomic E-state index is 13.8. The van der Waals surface area contributed by atoms with Crippen LogP contribution in [0.2, 0.25) is 0 Å². The molecule has 10 nitrogen and oxygen atoms in total. The van der Waals surface area contributed by atoms with E-state index in [9.17, 15) is 8.78 Å². The predicted molar refractivity (Wildman–Crippen MR) is 83.8 cm³/mol. The fraction of sp³-hybridized carbons (Fsp3) is 0.167. The van der Waals surface area contributed by atoms with Gasteiger partial charge in [-0.1, -0.05) is 29.0 Å². The minimum Gasteiger partial charge on any atom is -0.443 e. The van der Waals surface area contributed by atoms with Crippen LogP contribution in [-0.4, -0.2) is 44.4 Å². The van der Waals surface area contributed by atoms with E-state index < -0.39 is 11.6 Å². The molecule has 0 fully saturated rings. The number of aromatic amines is 2. The second-order valence-electron chi connectivity index (χ2n) is 4.73. The smallest absolute Gasteiger partial charge is 0.443 e. The number of rotatable bonds is 5. The molecule has 0 saturated heterocycles. The van der Waals surface area contributed by atoms with Crippen molar-refractivity contribution < 1.29 is 27.3 Å². The van der Waals surface area contributed by atoms with E-state index in [-0.39, 0.29) is 23.3 Å². The Morgan fingerprint density at radius 2 is 1.27 bits per heavy atom. The topological polar surface area (TPSA) is 110 Å². The zero-order chi connectivity index (χ0) is 18.3. The second kappa shape index (κ2) is 6.53. The Morgan fingerprint density at radius 1 is 0.846 bits per heavy atom. The molecular weight excluding hydrogens is 390 g/mol. The van der Waals surface area contributed by atoms with Gasteiger partial charge < -0.3 is 9.47 Å². The molecule has 0 unspecified atom stereocenters. The lowest BCUT2D eigenvalue weighted by Crippen LogP contribution is -2.28. The number of aromatic nitrogens is 8. The van der Waals surface area contributed by atoms with Crippen LogP contribution in [0.4, 0.5) is 8.78 Å². The summed E-state index contributed by atoms with van der Waals surface area (Å²) in [5, 5.41) is 6.45. The van der Waals surface area contributed by atoms with Gasteiger partial charge in [-0.15, -0.1) is 0 Å². The quantitative estimate of drug-likeness (QED) is 0.368. The lowest BCUT2D eigenvalue weighted by Gasteiger charge is -1.92. The first-order chi connectivity index (χ1) is 12.6. The number of methoxy groups -OCH3 is 2. The van der Waals surface area contributed by atoms with Crippen LogP contribution in [0.3, 0.4) is 0 Å². The maximum Gasteiger partial charge on any atom is 0.457 e. The molecule has 0 aliphatic heterocycles. The summed E-state index contributed by atoms with van der Waals surface area (Å²) in [5.74, 6) is -1.20. The summed E-state index contributed by atoms with van der Waals surface area (Å²) >= 11 is 0. The Morgan fingerprint density at radius 3 is 1.65 bits per heavy atom. The van der Waals surface area contributed by atoms with E-state index >= 15 is 0 Å². The SMILES string of the molecule is COc1ncc(F)c2nc(SSc3nc4c(F)cnc(OC)[n+]4[nH]3)[nH][n+]12. The highest BCUT2D eigenvalue weighted by Gasteiger charge is 2.24. The standard InChI is InChI=1S/C12H8F2N8O2S2/c1-23-11-15-3-5(13)7-17-9(19-21(7)11)25-26-10-18-8-6(14)4-16-12(24-2)22(8)20-10/h3-4H,1-2H3/p+2. The fourth-order valence-electron chi connectivity index (χ4n) is 2.13. The Kier molecular flexibility index (Phi) is 4.20. The van der Waals surface area contributed by atoms with Crippen LogP contribution in [-0.2, 0) is 0 Å². The van der Waals surface area contributed by atoms with Crippen LogP contribution >= 0.6 is 21.6 Å². The molecule has 0 aliphatic rings. The maximum atomic E-state index is 13.8. The zero-order valence-electron chi connectivity index (χ0n) is 13.2. The van der Waals surface area contributed by atoms with Gasteiger partial charge >= 0.3 is 23.3 Å². The minimum atomic E-state index is -0.601. The molecule has 4 aromatic heterocycles. The van der Waals surface area contributed by atoms with Gasteiger partial charge in [-0.3, -0.25) is 0 Å². The Balaban J connectivity index is 1.63. The third kappa shape index (κ3) is 2.76. The number of halogens is 2. The molecule has 0 saturated carbocycles. The van der Waals surface area contributed by atoms with Crippen LogP contribution in [0, 0.1) is 11.6 Å². The van der Waals surface area contributed by atoms with Crippen molar-refractivity contribution in [1.29, 1.82) is 0 Å². The number of nitrogens with zero attached hydrogens (tertiary/aromatic N) is 6. The number of ether oxygens (including phenoxy) is 2. The van der Waals surface area contributed by atoms with Crippen molar-refractivity contribution in [3.63, 3.8) is 0 Å². The molecule has 0 spiro atoms. The summed E-state index contributed by atoms with van der Waals surface area (Å²) in [4.78, 5) is 15.9. The van der Waals surface area contributed by atoms with Crippen LogP contribution < -0.4 is 18.5 Å². The third-order valence-electron chi connectivity index (χ3n) is 3.20. The van der Waals surface area contributed by atoms with E-state index in [0.29, 0.717) is 10.3 Å². The van der Waals surface area contributed by atoms with E-state index in [4.69, 9.17) is 9.47 Å². The number of nitrogens with one attached hydrogen (secondary N) is 2. The van der Waals surface area contributed by atoms with Crippen molar-refractivity contribution >= 4 is 32.9 Å². The molecule has 4 rings (SSSR count). The van der Waals surface area contributed by atoms with Gasteiger partial charge in [0.05, 0.1) is 14.2 Å². The largest absolute Gasteiger partial charge is 0.457 e. The summed E-state index contributed by atoms with van der Waals surface area (Å²) in [6, 6.07) is 0.311. The highest BCUT2D eigenvalue weighted by Crippen LogP contribution is 2.33. The van der Waals surface area contributed by atoms with Crippen molar-refractivity contribution in [1.82, 2.24) is 30.1 Å². The Hall–Kier alpha value is -2.74. The van der Waals surface area contributed by atoms with Gasteiger partial charge in [0, 0.05) is 21.6 Å². The summed E-state index contributed by atoms with van der Waals surface area (Å²) in [5.41, 5.74) is 0.0756. The second-order valence-corrected chi connectivity index (χ2v) is 6.83. The normalized spacial score (nSPS) is 11.4. The van der Waals surface area contributed by atoms with Crippen molar-refractivity contribution in [3.8, 4) is 12.0 Å². The molecular formula is C12H10F2N8O2S2+2. The molecule has 26 heavy (non-hydrogen) atoms. The van der Waals surface area contributed by atoms with Gasteiger partial charge in [0.2, 0.25) is 11.6 Å². The molecule has 0 radical (unpaired) electrons. The summed E-state index contributed by atoms with van der Waals surface area (Å²) < 4.78 is 40.3.